The summed E-state index contributed by atoms with van der Waals surface area (Å²) >= 11 is 1.91. The molecule has 0 amide bonds. The van der Waals surface area contributed by atoms with Crippen LogP contribution in [-0.4, -0.2) is 29.3 Å². The van der Waals surface area contributed by atoms with E-state index in [-0.39, 0.29) is 0 Å². The molecule has 1 aromatic heterocycles. The monoisotopic (exact) mass is 537 g/mol. The van der Waals surface area contributed by atoms with Crippen LogP contribution in [0.2, 0.25) is 0 Å². The van der Waals surface area contributed by atoms with Gasteiger partial charge in [-0.1, -0.05) is 67.9 Å². The average Bonchev–Trinajstić information content (AvgIpc) is 3.51. The Bertz CT molecular complexity index is 1100. The summed E-state index contributed by atoms with van der Waals surface area (Å²) in [6, 6.07) is 10.2. The van der Waals surface area contributed by atoms with Gasteiger partial charge >= 0.3 is 0 Å². The number of nitrogens with two attached hydrogens (primary N) is 1. The molecule has 2 atom stereocenters. The molecule has 208 valence electrons. The smallest absolute Gasteiger partial charge is 0.138 e. The van der Waals surface area contributed by atoms with Crippen LogP contribution >= 0.6 is 11.8 Å². The number of hydrogen-bond acceptors (Lipinski definition) is 6. The number of hydrogen-bond donors (Lipinski definition) is 1. The van der Waals surface area contributed by atoms with Gasteiger partial charge in [-0.05, 0) is 65.9 Å². The Kier molecular flexibility index (Phi) is 14.2. The van der Waals surface area contributed by atoms with E-state index in [0.29, 0.717) is 12.2 Å². The van der Waals surface area contributed by atoms with Crippen molar-refractivity contribution in [2.45, 2.75) is 98.5 Å². The van der Waals surface area contributed by atoms with Crippen molar-refractivity contribution in [3.8, 4) is 11.3 Å². The van der Waals surface area contributed by atoms with Crippen molar-refractivity contribution in [3.63, 3.8) is 0 Å². The topological polar surface area (TPSA) is 73.6 Å². The van der Waals surface area contributed by atoms with Gasteiger partial charge in [0.1, 0.15) is 11.5 Å². The number of aliphatic imine (C=N–C) groups is 1. The molecule has 5 nitrogen and oxygen atoms in total. The van der Waals surface area contributed by atoms with E-state index < -0.39 is 0 Å². The maximum absolute atomic E-state index is 6.18. The lowest BCUT2D eigenvalue weighted by Crippen LogP contribution is -2.11. The lowest BCUT2D eigenvalue weighted by Gasteiger charge is -2.10. The predicted molar refractivity (Wildman–Crippen MR) is 164 cm³/mol. The van der Waals surface area contributed by atoms with Crippen LogP contribution in [0, 0.1) is 6.92 Å². The van der Waals surface area contributed by atoms with E-state index in [4.69, 9.17) is 15.0 Å². The fraction of sp³-hybridized carbons (Fsp3) is 0.500. The zero-order valence-electron chi connectivity index (χ0n) is 24.4. The summed E-state index contributed by atoms with van der Waals surface area (Å²) in [4.78, 5) is 4.33. The van der Waals surface area contributed by atoms with Crippen LogP contribution in [0.15, 0.2) is 74.5 Å². The molecule has 2 aromatic rings. The van der Waals surface area contributed by atoms with Crippen molar-refractivity contribution >= 4 is 18.0 Å². The van der Waals surface area contributed by atoms with Crippen LogP contribution in [0.1, 0.15) is 85.0 Å². The normalized spacial score (nSPS) is 18.9. The summed E-state index contributed by atoms with van der Waals surface area (Å²) in [5.41, 5.74) is 13.6. The van der Waals surface area contributed by atoms with Crippen LogP contribution in [0.25, 0.3) is 11.3 Å². The summed E-state index contributed by atoms with van der Waals surface area (Å²) in [7, 11) is 0. The lowest BCUT2D eigenvalue weighted by atomic mass is 10.0. The Labute approximate surface area is 234 Å². The number of benzene rings is 1. The molecule has 1 aromatic carbocycles. The molecular weight excluding hydrogens is 490 g/mol. The second-order valence-electron chi connectivity index (χ2n) is 9.72. The number of thioether (sulfide) groups is 1. The van der Waals surface area contributed by atoms with Crippen LogP contribution in [0.3, 0.4) is 0 Å². The van der Waals surface area contributed by atoms with Gasteiger partial charge in [-0.15, -0.1) is 0 Å². The Morgan fingerprint density at radius 3 is 2.53 bits per heavy atom. The highest BCUT2D eigenvalue weighted by Crippen LogP contribution is 2.30. The van der Waals surface area contributed by atoms with E-state index in [2.05, 4.69) is 62.1 Å². The van der Waals surface area contributed by atoms with E-state index in [1.807, 2.05) is 50.7 Å². The molecule has 1 aliphatic heterocycles. The maximum Gasteiger partial charge on any atom is 0.138 e. The zero-order valence-corrected chi connectivity index (χ0v) is 25.2. The molecule has 1 fully saturated rings. The fourth-order valence-electron chi connectivity index (χ4n) is 4.14. The molecule has 1 saturated heterocycles. The van der Waals surface area contributed by atoms with E-state index >= 15 is 0 Å². The van der Waals surface area contributed by atoms with Crippen molar-refractivity contribution in [1.29, 1.82) is 0 Å². The van der Waals surface area contributed by atoms with Gasteiger partial charge in [0.2, 0.25) is 0 Å². The Morgan fingerprint density at radius 2 is 1.92 bits per heavy atom. The largest absolute Gasteiger partial charge is 0.398 e. The first-order valence-corrected chi connectivity index (χ1v) is 15.0. The highest BCUT2D eigenvalue weighted by atomic mass is 32.2. The maximum atomic E-state index is 6.18. The van der Waals surface area contributed by atoms with Gasteiger partial charge in [0.15, 0.2) is 0 Å². The second kappa shape index (κ2) is 17.1. The van der Waals surface area contributed by atoms with Crippen LogP contribution in [0.4, 0.5) is 0 Å². The summed E-state index contributed by atoms with van der Waals surface area (Å²) in [5, 5.41) is 4.23. The number of unbranched alkanes of at least 4 members (excludes halogenated alkanes) is 1. The molecule has 2 N–H and O–H groups in total. The number of rotatable bonds is 11. The molecule has 0 spiro atoms. The van der Waals surface area contributed by atoms with Gasteiger partial charge < -0.3 is 15.0 Å². The third-order valence-corrected chi connectivity index (χ3v) is 7.73. The highest BCUT2D eigenvalue weighted by Gasteiger charge is 2.22. The fourth-order valence-corrected chi connectivity index (χ4v) is 5.31. The standard InChI is InChI=1S/C17H21NO2S.C15H26N2/c1-12-8-9-15(19-12)10-21-11-16-13(2)20-18-17(16)14-6-4-3-5-7-14;1-6-9-10-11-14(13(5)17-8-3)15(16)12(4)7-2/h3-7,12,15H,8-11H2,1-2H3;8,10-11H,6-7,9,16H2,1-5H3/b;11-10-,14-13-,15-12-,17-8?. The first kappa shape index (κ1) is 31.6. The highest BCUT2D eigenvalue weighted by molar-refractivity contribution is 7.98. The molecule has 2 unspecified atom stereocenters. The van der Waals surface area contributed by atoms with Crippen LogP contribution in [0.5, 0.6) is 0 Å². The number of ether oxygens (including phenoxy) is 1. The summed E-state index contributed by atoms with van der Waals surface area (Å²) in [5.74, 6) is 2.89. The molecule has 3 rings (SSSR count). The molecule has 38 heavy (non-hydrogen) atoms. The quantitative estimate of drug-likeness (QED) is 0.229. The van der Waals surface area contributed by atoms with Gasteiger partial charge in [0, 0.05) is 45.8 Å². The summed E-state index contributed by atoms with van der Waals surface area (Å²) in [6.07, 6.45) is 12.5. The van der Waals surface area contributed by atoms with E-state index in [1.54, 1.807) is 6.21 Å². The van der Waals surface area contributed by atoms with Gasteiger partial charge in [0.25, 0.3) is 0 Å². The minimum atomic E-state index is 0.408. The molecule has 1 aliphatic rings. The van der Waals surface area contributed by atoms with Gasteiger partial charge in [-0.2, -0.15) is 11.8 Å². The molecular formula is C32H47N3O2S. The Morgan fingerprint density at radius 1 is 1.18 bits per heavy atom. The van der Waals surface area contributed by atoms with Crippen molar-refractivity contribution < 1.29 is 9.26 Å². The second-order valence-corrected chi connectivity index (χ2v) is 10.7. The third-order valence-electron chi connectivity index (χ3n) is 6.63. The van der Waals surface area contributed by atoms with Crippen LogP contribution < -0.4 is 5.73 Å². The molecule has 0 saturated carbocycles. The van der Waals surface area contributed by atoms with Gasteiger partial charge in [-0.3, -0.25) is 4.99 Å². The van der Waals surface area contributed by atoms with Crippen molar-refractivity contribution in [2.75, 3.05) is 5.75 Å². The van der Waals surface area contributed by atoms with Crippen molar-refractivity contribution in [1.82, 2.24) is 5.16 Å². The Balaban J connectivity index is 0.000000275. The average molecular weight is 538 g/mol. The van der Waals surface area contributed by atoms with E-state index in [0.717, 1.165) is 64.8 Å². The molecule has 2 heterocycles. The van der Waals surface area contributed by atoms with Gasteiger partial charge in [0.05, 0.1) is 12.2 Å². The number of aryl methyl sites for hydroxylation is 1. The molecule has 0 aliphatic carbocycles. The number of nitrogens with zero attached hydrogens (tertiary/aromatic N) is 2. The van der Waals surface area contributed by atoms with Crippen molar-refractivity contribution in [2.24, 2.45) is 10.7 Å². The summed E-state index contributed by atoms with van der Waals surface area (Å²) < 4.78 is 11.3. The molecule has 6 heteroatoms. The van der Waals surface area contributed by atoms with E-state index in [9.17, 15) is 0 Å². The first-order valence-electron chi connectivity index (χ1n) is 13.9. The Hall–Kier alpha value is -2.57. The number of aromatic nitrogens is 1. The predicted octanol–water partition coefficient (Wildman–Crippen LogP) is 8.80. The summed E-state index contributed by atoms with van der Waals surface area (Å²) in [6.45, 7) is 14.4. The van der Waals surface area contributed by atoms with E-state index in [1.165, 1.54) is 24.0 Å². The SMILES string of the molecule is CC=N/C(C)=C(/C=C\CCC)C(\N)=C(/C)CC.Cc1onc(-c2ccccc2)c1CSCC1CCC(C)O1. The molecule has 0 bridgehead atoms. The van der Waals surface area contributed by atoms with Crippen LogP contribution in [-0.2, 0) is 10.5 Å². The van der Waals surface area contributed by atoms with Crippen molar-refractivity contribution in [3.05, 3.63) is 76.3 Å². The minimum Gasteiger partial charge on any atom is -0.398 e. The third kappa shape index (κ3) is 9.95. The molecule has 0 radical (unpaired) electrons. The van der Waals surface area contributed by atoms with Gasteiger partial charge in [-0.25, -0.2) is 0 Å². The number of allylic oxidation sites excluding steroid dienone is 4. The first-order chi connectivity index (χ1) is 18.3. The minimum absolute atomic E-state index is 0.408. The zero-order chi connectivity index (χ0) is 27.9. The lowest BCUT2D eigenvalue weighted by molar-refractivity contribution is 0.0700.